The summed E-state index contributed by atoms with van der Waals surface area (Å²) in [5, 5.41) is 2.52. The highest BCUT2D eigenvalue weighted by atomic mass is 16.5. The average Bonchev–Trinajstić information content (AvgIpc) is 3.31. The van der Waals surface area contributed by atoms with Crippen LogP contribution in [0, 0.1) is 0 Å². The molecule has 1 saturated heterocycles. The van der Waals surface area contributed by atoms with Gasteiger partial charge in [-0.25, -0.2) is 0 Å². The maximum absolute atomic E-state index is 12.9. The predicted molar refractivity (Wildman–Crippen MR) is 106 cm³/mol. The molecule has 0 spiro atoms. The van der Waals surface area contributed by atoms with Crippen molar-refractivity contribution in [1.82, 2.24) is 10.2 Å². The Labute approximate surface area is 169 Å². The van der Waals surface area contributed by atoms with Crippen LogP contribution in [0.1, 0.15) is 34.9 Å². The minimum atomic E-state index is -1.02. The zero-order valence-corrected chi connectivity index (χ0v) is 16.3. The van der Waals surface area contributed by atoms with Crippen molar-refractivity contribution in [1.29, 1.82) is 0 Å². The van der Waals surface area contributed by atoms with E-state index in [0.29, 0.717) is 30.0 Å². The first-order chi connectivity index (χ1) is 14.1. The summed E-state index contributed by atoms with van der Waals surface area (Å²) in [5.41, 5.74) is 0.921. The second kappa shape index (κ2) is 9.73. The van der Waals surface area contributed by atoms with E-state index in [1.807, 2.05) is 6.07 Å². The molecule has 1 aliphatic rings. The molecular weight excluding hydrogens is 372 g/mol. The van der Waals surface area contributed by atoms with Crippen molar-refractivity contribution in [2.24, 2.45) is 0 Å². The van der Waals surface area contributed by atoms with E-state index in [1.54, 1.807) is 53.4 Å². The molecule has 0 radical (unpaired) electrons. The number of methoxy groups -OCH3 is 1. The molecule has 29 heavy (non-hydrogen) atoms. The number of para-hydroxylation sites is 1. The molecule has 2 aromatic carbocycles. The second-order valence-corrected chi connectivity index (χ2v) is 6.70. The summed E-state index contributed by atoms with van der Waals surface area (Å²) in [6.07, 6.45) is 0.858. The number of carbonyl (C=O) groups excluding carboxylic acids is 3. The van der Waals surface area contributed by atoms with E-state index in [0.717, 1.165) is 12.8 Å². The van der Waals surface area contributed by atoms with Crippen LogP contribution in [0.25, 0.3) is 0 Å². The lowest BCUT2D eigenvalue weighted by atomic mass is 10.1. The third-order valence-corrected chi connectivity index (χ3v) is 4.74. The van der Waals surface area contributed by atoms with Gasteiger partial charge in [0.05, 0.1) is 12.7 Å². The Bertz CT molecular complexity index is 863. The molecular formula is C22H24N2O5. The molecule has 7 heteroatoms. The van der Waals surface area contributed by atoms with Gasteiger partial charge in [-0.3, -0.25) is 14.4 Å². The molecule has 152 valence electrons. The van der Waals surface area contributed by atoms with E-state index in [9.17, 15) is 14.4 Å². The SMILES string of the molecule is COc1ccccc1C(=O)NCC(=O)O[C@H](C(=O)N1CCCC1)c1ccccc1. The molecule has 7 nitrogen and oxygen atoms in total. The average molecular weight is 396 g/mol. The van der Waals surface area contributed by atoms with Crippen LogP contribution in [0.4, 0.5) is 0 Å². The summed E-state index contributed by atoms with van der Waals surface area (Å²) in [6, 6.07) is 15.6. The van der Waals surface area contributed by atoms with Gasteiger partial charge in [-0.2, -0.15) is 0 Å². The lowest BCUT2D eigenvalue weighted by molar-refractivity contribution is -0.159. The van der Waals surface area contributed by atoms with Crippen molar-refractivity contribution in [2.45, 2.75) is 18.9 Å². The van der Waals surface area contributed by atoms with Crippen LogP contribution < -0.4 is 10.1 Å². The number of hydrogen-bond acceptors (Lipinski definition) is 5. The summed E-state index contributed by atoms with van der Waals surface area (Å²) in [7, 11) is 1.47. The highest BCUT2D eigenvalue weighted by Gasteiger charge is 2.31. The van der Waals surface area contributed by atoms with Crippen molar-refractivity contribution >= 4 is 17.8 Å². The lowest BCUT2D eigenvalue weighted by Crippen LogP contribution is -2.37. The molecule has 0 aliphatic carbocycles. The Morgan fingerprint density at radius 3 is 2.34 bits per heavy atom. The second-order valence-electron chi connectivity index (χ2n) is 6.70. The third kappa shape index (κ3) is 5.13. The van der Waals surface area contributed by atoms with Gasteiger partial charge >= 0.3 is 5.97 Å². The summed E-state index contributed by atoms with van der Waals surface area (Å²) in [4.78, 5) is 39.3. The fraction of sp³-hybridized carbons (Fsp3) is 0.318. The van der Waals surface area contributed by atoms with Crippen molar-refractivity contribution in [3.63, 3.8) is 0 Å². The standard InChI is InChI=1S/C22H24N2O5/c1-28-18-12-6-5-11-17(18)21(26)23-15-19(25)29-20(16-9-3-2-4-10-16)22(27)24-13-7-8-14-24/h2-6,9-12,20H,7-8,13-15H2,1H3,(H,23,26)/t20-/m0/s1. The number of carbonyl (C=O) groups is 3. The van der Waals surface area contributed by atoms with Crippen molar-refractivity contribution in [3.8, 4) is 5.75 Å². The minimum Gasteiger partial charge on any atom is -0.496 e. The number of nitrogens with zero attached hydrogens (tertiary/aromatic N) is 1. The summed E-state index contributed by atoms with van der Waals surface area (Å²) in [5.74, 6) is -0.973. The van der Waals surface area contributed by atoms with Gasteiger partial charge in [-0.05, 0) is 25.0 Å². The molecule has 3 rings (SSSR count). The van der Waals surface area contributed by atoms with Gasteiger partial charge < -0.3 is 19.7 Å². The molecule has 1 atom stereocenters. The number of amides is 2. The van der Waals surface area contributed by atoms with Gasteiger partial charge in [-0.1, -0.05) is 42.5 Å². The normalized spacial score (nSPS) is 14.2. The van der Waals surface area contributed by atoms with Crippen molar-refractivity contribution in [2.75, 3.05) is 26.7 Å². The number of nitrogens with one attached hydrogen (secondary N) is 1. The summed E-state index contributed by atoms with van der Waals surface area (Å²) >= 11 is 0. The fourth-order valence-corrected chi connectivity index (χ4v) is 3.25. The number of benzene rings is 2. The highest BCUT2D eigenvalue weighted by Crippen LogP contribution is 2.23. The Morgan fingerprint density at radius 2 is 1.66 bits per heavy atom. The molecule has 0 saturated carbocycles. The van der Waals surface area contributed by atoms with E-state index < -0.39 is 18.0 Å². The van der Waals surface area contributed by atoms with Crippen LogP contribution in [0.2, 0.25) is 0 Å². The number of hydrogen-bond donors (Lipinski definition) is 1. The van der Waals surface area contributed by atoms with E-state index >= 15 is 0 Å². The fourth-order valence-electron chi connectivity index (χ4n) is 3.25. The van der Waals surface area contributed by atoms with Crippen LogP contribution in [-0.4, -0.2) is 49.4 Å². The maximum Gasteiger partial charge on any atom is 0.326 e. The van der Waals surface area contributed by atoms with Crippen LogP contribution in [-0.2, 0) is 14.3 Å². The van der Waals surface area contributed by atoms with Gasteiger partial charge in [0, 0.05) is 18.7 Å². The molecule has 0 aromatic heterocycles. The minimum absolute atomic E-state index is 0.238. The van der Waals surface area contributed by atoms with Gasteiger partial charge in [-0.15, -0.1) is 0 Å². The lowest BCUT2D eigenvalue weighted by Gasteiger charge is -2.23. The third-order valence-electron chi connectivity index (χ3n) is 4.74. The first-order valence-electron chi connectivity index (χ1n) is 9.54. The van der Waals surface area contributed by atoms with Gasteiger partial charge in [0.2, 0.25) is 6.10 Å². The number of esters is 1. The predicted octanol–water partition coefficient (Wildman–Crippen LogP) is 2.33. The first kappa shape index (κ1) is 20.4. The van der Waals surface area contributed by atoms with Crippen molar-refractivity contribution < 1.29 is 23.9 Å². The van der Waals surface area contributed by atoms with Crippen LogP contribution in [0.15, 0.2) is 54.6 Å². The molecule has 2 aromatic rings. The van der Waals surface area contributed by atoms with E-state index in [1.165, 1.54) is 7.11 Å². The topological polar surface area (TPSA) is 84.9 Å². The molecule has 1 fully saturated rings. The Morgan fingerprint density at radius 1 is 1.00 bits per heavy atom. The number of likely N-dealkylation sites (tertiary alicyclic amines) is 1. The number of rotatable bonds is 7. The first-order valence-corrected chi connectivity index (χ1v) is 9.54. The molecule has 0 unspecified atom stereocenters. The van der Waals surface area contributed by atoms with Crippen LogP contribution >= 0.6 is 0 Å². The smallest absolute Gasteiger partial charge is 0.326 e. The molecule has 1 aliphatic heterocycles. The molecule has 0 bridgehead atoms. The Kier molecular flexibility index (Phi) is 6.84. The zero-order valence-electron chi connectivity index (χ0n) is 16.3. The van der Waals surface area contributed by atoms with E-state index in [2.05, 4.69) is 5.32 Å². The van der Waals surface area contributed by atoms with E-state index in [-0.39, 0.29) is 12.5 Å². The van der Waals surface area contributed by atoms with Gasteiger partial charge in [0.1, 0.15) is 12.3 Å². The molecule has 1 heterocycles. The van der Waals surface area contributed by atoms with Crippen LogP contribution in [0.5, 0.6) is 5.75 Å². The van der Waals surface area contributed by atoms with Crippen molar-refractivity contribution in [3.05, 3.63) is 65.7 Å². The number of ether oxygens (including phenoxy) is 2. The summed E-state index contributed by atoms with van der Waals surface area (Å²) < 4.78 is 10.6. The zero-order chi connectivity index (χ0) is 20.6. The monoisotopic (exact) mass is 396 g/mol. The quantitative estimate of drug-likeness (QED) is 0.726. The van der Waals surface area contributed by atoms with E-state index in [4.69, 9.17) is 9.47 Å². The van der Waals surface area contributed by atoms with Gasteiger partial charge in [0.15, 0.2) is 0 Å². The Balaban J connectivity index is 1.65. The largest absolute Gasteiger partial charge is 0.496 e. The summed E-state index contributed by atoms with van der Waals surface area (Å²) in [6.45, 7) is 0.960. The van der Waals surface area contributed by atoms with Gasteiger partial charge in [0.25, 0.3) is 11.8 Å². The Hall–Kier alpha value is -3.35. The molecule has 2 amide bonds. The van der Waals surface area contributed by atoms with Crippen LogP contribution in [0.3, 0.4) is 0 Å². The molecule has 1 N–H and O–H groups in total. The highest BCUT2D eigenvalue weighted by molar-refractivity contribution is 5.98. The maximum atomic E-state index is 12.9.